The molecule has 0 saturated carbocycles. The van der Waals surface area contributed by atoms with Gasteiger partial charge in [-0.3, -0.25) is 0 Å². The van der Waals surface area contributed by atoms with E-state index in [9.17, 15) is 9.90 Å². The molecule has 0 amide bonds. The van der Waals surface area contributed by atoms with Crippen molar-refractivity contribution in [2.24, 2.45) is 0 Å². The van der Waals surface area contributed by atoms with E-state index < -0.39 is 11.6 Å². The molecule has 0 rings (SSSR count). The van der Waals surface area contributed by atoms with Gasteiger partial charge >= 0.3 is 5.97 Å². The van der Waals surface area contributed by atoms with Crippen LogP contribution in [0.3, 0.4) is 0 Å². The summed E-state index contributed by atoms with van der Waals surface area (Å²) in [7, 11) is 3.60. The highest BCUT2D eigenvalue weighted by Crippen LogP contribution is 2.00. The van der Waals surface area contributed by atoms with Crippen LogP contribution >= 0.6 is 0 Å². The van der Waals surface area contributed by atoms with Crippen LogP contribution in [0.1, 0.15) is 6.92 Å². The molecule has 0 saturated heterocycles. The van der Waals surface area contributed by atoms with Crippen molar-refractivity contribution >= 4 is 5.97 Å². The Balaban J connectivity index is 3.56. The van der Waals surface area contributed by atoms with Gasteiger partial charge in [0.2, 0.25) is 0 Å². The van der Waals surface area contributed by atoms with Gasteiger partial charge in [0.25, 0.3) is 0 Å². The maximum atomic E-state index is 10.6. The van der Waals surface area contributed by atoms with Crippen molar-refractivity contribution in [2.75, 3.05) is 46.9 Å². The minimum Gasteiger partial charge on any atom is -0.479 e. The molecule has 0 aromatic rings. The maximum Gasteiger partial charge on any atom is 0.336 e. The SMILES string of the molecule is COCCN(C)CCNCC(C)(O)C(=O)O. The first-order chi connectivity index (χ1) is 7.40. The number of nitrogens with zero attached hydrogens (tertiary/aromatic N) is 1. The Morgan fingerprint density at radius 2 is 2.12 bits per heavy atom. The first kappa shape index (κ1) is 15.3. The summed E-state index contributed by atoms with van der Waals surface area (Å²) in [6, 6.07) is 0. The van der Waals surface area contributed by atoms with Crippen molar-refractivity contribution in [3.63, 3.8) is 0 Å². The zero-order valence-corrected chi connectivity index (χ0v) is 10.2. The standard InChI is InChI=1S/C10H22N2O4/c1-10(15,9(13)14)8-11-4-5-12(2)6-7-16-3/h11,15H,4-8H2,1-3H3,(H,13,14). The number of nitrogens with one attached hydrogen (secondary N) is 1. The van der Waals surface area contributed by atoms with E-state index in [2.05, 4.69) is 10.2 Å². The Bertz CT molecular complexity index is 209. The van der Waals surface area contributed by atoms with Crippen LogP contribution in [-0.2, 0) is 9.53 Å². The van der Waals surface area contributed by atoms with Crippen LogP contribution in [0.25, 0.3) is 0 Å². The van der Waals surface area contributed by atoms with Gasteiger partial charge in [0.1, 0.15) is 0 Å². The molecule has 6 heteroatoms. The number of carboxylic acids is 1. The van der Waals surface area contributed by atoms with Crippen molar-refractivity contribution in [1.29, 1.82) is 0 Å². The molecule has 16 heavy (non-hydrogen) atoms. The monoisotopic (exact) mass is 234 g/mol. The summed E-state index contributed by atoms with van der Waals surface area (Å²) in [5.41, 5.74) is -1.70. The van der Waals surface area contributed by atoms with E-state index in [1.54, 1.807) is 7.11 Å². The number of hydrogen-bond donors (Lipinski definition) is 3. The van der Waals surface area contributed by atoms with Gasteiger partial charge in [-0.05, 0) is 14.0 Å². The fourth-order valence-electron chi connectivity index (χ4n) is 1.04. The molecule has 0 aromatic heterocycles. The molecule has 0 aromatic carbocycles. The van der Waals surface area contributed by atoms with Gasteiger partial charge in [-0.15, -0.1) is 0 Å². The van der Waals surface area contributed by atoms with Gasteiger partial charge in [0, 0.05) is 33.3 Å². The molecule has 0 spiro atoms. The van der Waals surface area contributed by atoms with Crippen molar-refractivity contribution in [2.45, 2.75) is 12.5 Å². The van der Waals surface area contributed by atoms with E-state index in [4.69, 9.17) is 9.84 Å². The predicted molar refractivity (Wildman–Crippen MR) is 60.5 cm³/mol. The fourth-order valence-corrected chi connectivity index (χ4v) is 1.04. The number of carbonyl (C=O) groups is 1. The molecule has 0 aliphatic heterocycles. The second-order valence-corrected chi connectivity index (χ2v) is 4.05. The summed E-state index contributed by atoms with van der Waals surface area (Å²) in [4.78, 5) is 12.6. The summed E-state index contributed by atoms with van der Waals surface area (Å²) < 4.78 is 4.92. The van der Waals surface area contributed by atoms with E-state index in [0.717, 1.165) is 13.1 Å². The first-order valence-corrected chi connectivity index (χ1v) is 5.24. The summed E-state index contributed by atoms with van der Waals surface area (Å²) in [6.07, 6.45) is 0. The number of aliphatic carboxylic acids is 1. The molecular weight excluding hydrogens is 212 g/mol. The Kier molecular flexibility index (Phi) is 7.24. The van der Waals surface area contributed by atoms with Gasteiger partial charge in [-0.25, -0.2) is 4.79 Å². The lowest BCUT2D eigenvalue weighted by Crippen LogP contribution is -2.46. The molecule has 96 valence electrons. The number of rotatable bonds is 9. The first-order valence-electron chi connectivity index (χ1n) is 5.24. The topological polar surface area (TPSA) is 82.0 Å². The third-order valence-electron chi connectivity index (χ3n) is 2.28. The highest BCUT2D eigenvalue weighted by atomic mass is 16.5. The number of ether oxygens (including phenoxy) is 1. The Morgan fingerprint density at radius 3 is 2.62 bits per heavy atom. The van der Waals surface area contributed by atoms with Gasteiger partial charge in [0.05, 0.1) is 6.61 Å². The van der Waals surface area contributed by atoms with Crippen LogP contribution in [-0.4, -0.2) is 73.6 Å². The summed E-state index contributed by atoms with van der Waals surface area (Å²) >= 11 is 0. The van der Waals surface area contributed by atoms with Crippen molar-refractivity contribution in [3.8, 4) is 0 Å². The van der Waals surface area contributed by atoms with E-state index in [-0.39, 0.29) is 6.54 Å². The van der Waals surface area contributed by atoms with E-state index >= 15 is 0 Å². The highest BCUT2D eigenvalue weighted by Gasteiger charge is 2.28. The van der Waals surface area contributed by atoms with Gasteiger partial charge in [-0.1, -0.05) is 0 Å². The van der Waals surface area contributed by atoms with Gasteiger partial charge in [-0.2, -0.15) is 0 Å². The average molecular weight is 234 g/mol. The fraction of sp³-hybridized carbons (Fsp3) is 0.900. The zero-order valence-electron chi connectivity index (χ0n) is 10.2. The lowest BCUT2D eigenvalue weighted by molar-refractivity contribution is -0.156. The number of hydrogen-bond acceptors (Lipinski definition) is 5. The minimum absolute atomic E-state index is 0.0421. The molecule has 3 N–H and O–H groups in total. The predicted octanol–water partition coefficient (Wildman–Crippen LogP) is -1.01. The van der Waals surface area contributed by atoms with Crippen molar-refractivity contribution < 1.29 is 19.7 Å². The number of likely N-dealkylation sites (N-methyl/N-ethyl adjacent to an activating group) is 1. The molecule has 1 atom stereocenters. The third-order valence-corrected chi connectivity index (χ3v) is 2.28. The maximum absolute atomic E-state index is 10.6. The van der Waals surface area contributed by atoms with Crippen LogP contribution in [0, 0.1) is 0 Å². The number of aliphatic hydroxyl groups is 1. The summed E-state index contributed by atoms with van der Waals surface area (Å²) in [5.74, 6) is -1.22. The zero-order chi connectivity index (χ0) is 12.6. The normalized spacial score (nSPS) is 15.1. The minimum atomic E-state index is -1.70. The average Bonchev–Trinajstić information content (AvgIpc) is 2.21. The molecular formula is C10H22N2O4. The summed E-state index contributed by atoms with van der Waals surface area (Å²) in [5, 5.41) is 21.0. The Hall–Kier alpha value is -0.690. The van der Waals surface area contributed by atoms with Gasteiger partial charge < -0.3 is 25.2 Å². The molecule has 0 bridgehead atoms. The Labute approximate surface area is 96.2 Å². The number of carboxylic acid groups (broad SMARTS) is 1. The van der Waals surface area contributed by atoms with Crippen LogP contribution in [0.5, 0.6) is 0 Å². The molecule has 0 fully saturated rings. The highest BCUT2D eigenvalue weighted by molar-refractivity contribution is 5.76. The van der Waals surface area contributed by atoms with Gasteiger partial charge in [0.15, 0.2) is 5.60 Å². The molecule has 6 nitrogen and oxygen atoms in total. The van der Waals surface area contributed by atoms with E-state index in [0.29, 0.717) is 13.2 Å². The second-order valence-electron chi connectivity index (χ2n) is 4.05. The number of methoxy groups -OCH3 is 1. The lowest BCUT2D eigenvalue weighted by atomic mass is 10.1. The van der Waals surface area contributed by atoms with Crippen LogP contribution in [0.2, 0.25) is 0 Å². The van der Waals surface area contributed by atoms with E-state index in [1.807, 2.05) is 7.05 Å². The smallest absolute Gasteiger partial charge is 0.336 e. The Morgan fingerprint density at radius 1 is 1.50 bits per heavy atom. The summed E-state index contributed by atoms with van der Waals surface area (Å²) in [6.45, 7) is 4.22. The van der Waals surface area contributed by atoms with E-state index in [1.165, 1.54) is 6.92 Å². The van der Waals surface area contributed by atoms with Crippen LogP contribution in [0.15, 0.2) is 0 Å². The molecule has 1 unspecified atom stereocenters. The molecule has 0 aliphatic rings. The lowest BCUT2D eigenvalue weighted by Gasteiger charge is -2.20. The molecule has 0 aliphatic carbocycles. The van der Waals surface area contributed by atoms with Crippen molar-refractivity contribution in [1.82, 2.24) is 10.2 Å². The third kappa shape index (κ3) is 6.73. The second kappa shape index (κ2) is 7.56. The van der Waals surface area contributed by atoms with Crippen LogP contribution < -0.4 is 5.32 Å². The molecule has 0 radical (unpaired) electrons. The van der Waals surface area contributed by atoms with Crippen LogP contribution in [0.4, 0.5) is 0 Å². The van der Waals surface area contributed by atoms with Crippen molar-refractivity contribution in [3.05, 3.63) is 0 Å². The quantitative estimate of drug-likeness (QED) is 0.443. The molecule has 0 heterocycles. The largest absolute Gasteiger partial charge is 0.479 e.